The van der Waals surface area contributed by atoms with Crippen LogP contribution in [-0.2, 0) is 10.0 Å². The van der Waals surface area contributed by atoms with Crippen LogP contribution in [0, 0.1) is 18.3 Å². The highest BCUT2D eigenvalue weighted by molar-refractivity contribution is 7.91. The Morgan fingerprint density at radius 3 is 2.40 bits per heavy atom. The first-order valence-corrected chi connectivity index (χ1v) is 10.5. The molecular weight excluding hydrogens is 378 g/mol. The normalized spacial score (nSPS) is 18.0. The third-order valence-corrected chi connectivity index (χ3v) is 7.98. The maximum atomic E-state index is 12.7. The van der Waals surface area contributed by atoms with Crippen molar-refractivity contribution in [2.45, 2.75) is 17.2 Å². The molecule has 0 spiro atoms. The van der Waals surface area contributed by atoms with E-state index in [4.69, 9.17) is 11.6 Å². The number of halogens is 1. The van der Waals surface area contributed by atoms with Crippen LogP contribution >= 0.6 is 22.9 Å². The Balaban J connectivity index is 1.73. The van der Waals surface area contributed by atoms with Crippen molar-refractivity contribution in [2.75, 3.05) is 26.2 Å². The van der Waals surface area contributed by atoms with Crippen LogP contribution < -0.4 is 0 Å². The van der Waals surface area contributed by atoms with E-state index in [-0.39, 0.29) is 0 Å². The van der Waals surface area contributed by atoms with E-state index in [2.05, 4.69) is 6.07 Å². The van der Waals surface area contributed by atoms with Gasteiger partial charge in [0.1, 0.15) is 10.3 Å². The largest absolute Gasteiger partial charge is 0.282 e. The van der Waals surface area contributed by atoms with Crippen molar-refractivity contribution in [3.63, 3.8) is 0 Å². The highest BCUT2D eigenvalue weighted by Crippen LogP contribution is 2.30. The van der Waals surface area contributed by atoms with Crippen LogP contribution in [0.4, 0.5) is 0 Å². The summed E-state index contributed by atoms with van der Waals surface area (Å²) in [7, 11) is -3.45. The van der Waals surface area contributed by atoms with Crippen molar-refractivity contribution in [3.8, 4) is 6.07 Å². The first-order chi connectivity index (χ1) is 11.9. The Hall–Kier alpha value is -1.43. The molecule has 1 fully saturated rings. The van der Waals surface area contributed by atoms with E-state index >= 15 is 0 Å². The van der Waals surface area contributed by atoms with Gasteiger partial charge in [0.25, 0.3) is 10.0 Å². The molecule has 0 saturated carbocycles. The predicted molar refractivity (Wildman–Crippen MR) is 99.2 cm³/mol. The van der Waals surface area contributed by atoms with Gasteiger partial charge in [0.05, 0.1) is 6.07 Å². The number of sulfonamides is 1. The molecule has 3 rings (SSSR count). The SMILES string of the molecule is Cc1ccc(S(=O)(=O)N2CCN(C(C#N)c3ccccc3Cl)CC2)s1. The molecule has 2 aromatic rings. The van der Waals surface area contributed by atoms with Gasteiger partial charge in [-0.05, 0) is 25.1 Å². The van der Waals surface area contributed by atoms with E-state index in [1.165, 1.54) is 15.6 Å². The number of piperazine rings is 1. The third kappa shape index (κ3) is 3.73. The second-order valence-corrected chi connectivity index (χ2v) is 9.72. The number of benzene rings is 1. The fraction of sp³-hybridized carbons (Fsp3) is 0.353. The lowest BCUT2D eigenvalue weighted by Gasteiger charge is -2.36. The Morgan fingerprint density at radius 1 is 1.16 bits per heavy atom. The molecule has 8 heteroatoms. The second kappa shape index (κ2) is 7.44. The Kier molecular flexibility index (Phi) is 5.46. The van der Waals surface area contributed by atoms with Gasteiger partial charge in [0, 0.05) is 41.6 Å². The standard InChI is InChI=1S/C17H18ClN3O2S2/c1-13-6-7-17(24-13)25(22,23)21-10-8-20(9-11-21)16(12-19)14-4-2-3-5-15(14)18/h2-7,16H,8-11H2,1H3. The third-order valence-electron chi connectivity index (χ3n) is 4.27. The fourth-order valence-corrected chi connectivity index (χ4v) is 6.02. The zero-order chi connectivity index (χ0) is 18.0. The molecule has 132 valence electrons. The summed E-state index contributed by atoms with van der Waals surface area (Å²) in [6.07, 6.45) is 0. The Morgan fingerprint density at radius 2 is 1.84 bits per heavy atom. The molecule has 25 heavy (non-hydrogen) atoms. The van der Waals surface area contributed by atoms with E-state index in [1.54, 1.807) is 12.1 Å². The number of nitriles is 1. The van der Waals surface area contributed by atoms with Crippen LogP contribution in [0.2, 0.25) is 5.02 Å². The van der Waals surface area contributed by atoms with Crippen molar-refractivity contribution in [3.05, 3.63) is 51.9 Å². The van der Waals surface area contributed by atoms with E-state index in [0.29, 0.717) is 35.4 Å². The minimum Gasteiger partial charge on any atom is -0.282 e. The van der Waals surface area contributed by atoms with Gasteiger partial charge in [-0.1, -0.05) is 29.8 Å². The number of thiophene rings is 1. The van der Waals surface area contributed by atoms with Crippen molar-refractivity contribution in [1.82, 2.24) is 9.21 Å². The van der Waals surface area contributed by atoms with Crippen LogP contribution in [0.3, 0.4) is 0 Å². The average molecular weight is 396 g/mol. The Labute approximate surface area is 157 Å². The summed E-state index contributed by atoms with van der Waals surface area (Å²) in [4.78, 5) is 2.95. The van der Waals surface area contributed by atoms with Gasteiger partial charge in [0.15, 0.2) is 0 Å². The number of nitrogens with zero attached hydrogens (tertiary/aromatic N) is 3. The van der Waals surface area contributed by atoms with Crippen LogP contribution in [0.5, 0.6) is 0 Å². The fourth-order valence-electron chi connectivity index (χ4n) is 2.92. The molecule has 0 N–H and O–H groups in total. The molecular formula is C17H18ClN3O2S2. The summed E-state index contributed by atoms with van der Waals surface area (Å²) >= 11 is 7.50. The van der Waals surface area contributed by atoms with Crippen molar-refractivity contribution in [2.24, 2.45) is 0 Å². The van der Waals surface area contributed by atoms with E-state index in [0.717, 1.165) is 10.4 Å². The molecule has 5 nitrogen and oxygen atoms in total. The molecule has 1 aromatic heterocycles. The van der Waals surface area contributed by atoms with Crippen LogP contribution in [0.1, 0.15) is 16.5 Å². The maximum absolute atomic E-state index is 12.7. The molecule has 0 bridgehead atoms. The summed E-state index contributed by atoms with van der Waals surface area (Å²) in [5.74, 6) is 0. The molecule has 1 aliphatic rings. The summed E-state index contributed by atoms with van der Waals surface area (Å²) in [5, 5.41) is 10.1. The van der Waals surface area contributed by atoms with Gasteiger partial charge in [0.2, 0.25) is 0 Å². The van der Waals surface area contributed by atoms with Gasteiger partial charge in [-0.15, -0.1) is 11.3 Å². The number of rotatable bonds is 4. The molecule has 0 radical (unpaired) electrons. The van der Waals surface area contributed by atoms with Crippen molar-refractivity contribution < 1.29 is 8.42 Å². The van der Waals surface area contributed by atoms with Gasteiger partial charge >= 0.3 is 0 Å². The topological polar surface area (TPSA) is 64.4 Å². The number of hydrogen-bond acceptors (Lipinski definition) is 5. The first kappa shape index (κ1) is 18.4. The zero-order valence-electron chi connectivity index (χ0n) is 13.7. The quantitative estimate of drug-likeness (QED) is 0.796. The lowest BCUT2D eigenvalue weighted by molar-refractivity contribution is 0.163. The van der Waals surface area contributed by atoms with Gasteiger partial charge in [-0.25, -0.2) is 8.42 Å². The molecule has 1 aliphatic heterocycles. The lowest BCUT2D eigenvalue weighted by Crippen LogP contribution is -2.49. The molecule has 0 aliphatic carbocycles. The molecule has 0 amide bonds. The second-order valence-electron chi connectivity index (χ2n) is 5.86. The van der Waals surface area contributed by atoms with Crippen molar-refractivity contribution >= 4 is 33.0 Å². The molecule has 1 aromatic carbocycles. The summed E-state index contributed by atoms with van der Waals surface area (Å²) in [6, 6.07) is 12.6. The summed E-state index contributed by atoms with van der Waals surface area (Å²) in [5.41, 5.74) is 0.761. The van der Waals surface area contributed by atoms with Crippen molar-refractivity contribution in [1.29, 1.82) is 5.26 Å². The molecule has 2 heterocycles. The first-order valence-electron chi connectivity index (χ1n) is 7.88. The van der Waals surface area contributed by atoms with Crippen LogP contribution in [-0.4, -0.2) is 43.8 Å². The van der Waals surface area contributed by atoms with Gasteiger partial charge in [-0.3, -0.25) is 4.90 Å². The molecule has 1 saturated heterocycles. The number of hydrogen-bond donors (Lipinski definition) is 0. The minimum absolute atomic E-state index is 0.363. The monoisotopic (exact) mass is 395 g/mol. The summed E-state index contributed by atoms with van der Waals surface area (Å²) in [6.45, 7) is 3.60. The number of aryl methyl sites for hydroxylation is 1. The smallest absolute Gasteiger partial charge is 0.252 e. The van der Waals surface area contributed by atoms with Crippen LogP contribution in [0.25, 0.3) is 0 Å². The maximum Gasteiger partial charge on any atom is 0.252 e. The highest BCUT2D eigenvalue weighted by atomic mass is 35.5. The minimum atomic E-state index is -3.45. The van der Waals surface area contributed by atoms with E-state index in [9.17, 15) is 13.7 Å². The average Bonchev–Trinajstić information content (AvgIpc) is 3.05. The predicted octanol–water partition coefficient (Wildman–Crippen LogP) is 3.28. The van der Waals surface area contributed by atoms with Crippen LogP contribution in [0.15, 0.2) is 40.6 Å². The lowest BCUT2D eigenvalue weighted by atomic mass is 10.1. The van der Waals surface area contributed by atoms with Gasteiger partial charge in [-0.2, -0.15) is 9.57 Å². The molecule has 1 unspecified atom stereocenters. The van der Waals surface area contributed by atoms with E-state index in [1.807, 2.05) is 36.1 Å². The highest BCUT2D eigenvalue weighted by Gasteiger charge is 2.32. The molecule has 1 atom stereocenters. The Bertz CT molecular complexity index is 897. The van der Waals surface area contributed by atoms with E-state index < -0.39 is 16.1 Å². The van der Waals surface area contributed by atoms with Gasteiger partial charge < -0.3 is 0 Å². The summed E-state index contributed by atoms with van der Waals surface area (Å²) < 4.78 is 27.3. The zero-order valence-corrected chi connectivity index (χ0v) is 16.1.